The largest absolute Gasteiger partial charge is 0.399 e. The van der Waals surface area contributed by atoms with Crippen molar-refractivity contribution in [2.24, 2.45) is 11.7 Å². The number of anilines is 1. The molecule has 1 heterocycles. The van der Waals surface area contributed by atoms with E-state index in [2.05, 4.69) is 4.90 Å². The molecular formula is C14H19N3O2. The molecule has 1 amide bonds. The SMILES string of the molecule is NC(=O)C1CCN(CC(=O)c2cccc(N)c2)CC1. The van der Waals surface area contributed by atoms with Crippen molar-refractivity contribution in [1.82, 2.24) is 4.90 Å². The zero-order chi connectivity index (χ0) is 13.8. The van der Waals surface area contributed by atoms with Gasteiger partial charge in [0.1, 0.15) is 0 Å². The zero-order valence-electron chi connectivity index (χ0n) is 10.8. The Morgan fingerprint density at radius 2 is 1.95 bits per heavy atom. The number of nitrogens with zero attached hydrogens (tertiary/aromatic N) is 1. The number of hydrogen-bond acceptors (Lipinski definition) is 4. The number of carbonyl (C=O) groups excluding carboxylic acids is 2. The van der Waals surface area contributed by atoms with Crippen molar-refractivity contribution in [2.75, 3.05) is 25.4 Å². The number of likely N-dealkylation sites (tertiary alicyclic amines) is 1. The Kier molecular flexibility index (Phi) is 4.16. The quantitative estimate of drug-likeness (QED) is 0.615. The van der Waals surface area contributed by atoms with E-state index in [1.807, 2.05) is 0 Å². The lowest BCUT2D eigenvalue weighted by molar-refractivity contribution is -0.123. The normalized spacial score (nSPS) is 17.3. The Morgan fingerprint density at radius 3 is 2.53 bits per heavy atom. The van der Waals surface area contributed by atoms with Gasteiger partial charge in [-0.25, -0.2) is 0 Å². The van der Waals surface area contributed by atoms with Crippen LogP contribution >= 0.6 is 0 Å². The fourth-order valence-corrected chi connectivity index (χ4v) is 2.38. The maximum absolute atomic E-state index is 12.1. The summed E-state index contributed by atoms with van der Waals surface area (Å²) in [5.74, 6) is -0.217. The minimum atomic E-state index is -0.234. The number of ketones is 1. The third-order valence-electron chi connectivity index (χ3n) is 3.57. The fraction of sp³-hybridized carbons (Fsp3) is 0.429. The minimum Gasteiger partial charge on any atom is -0.399 e. The zero-order valence-corrected chi connectivity index (χ0v) is 10.8. The molecule has 19 heavy (non-hydrogen) atoms. The van der Waals surface area contributed by atoms with Crippen LogP contribution in [0.5, 0.6) is 0 Å². The van der Waals surface area contributed by atoms with E-state index >= 15 is 0 Å². The van der Waals surface area contributed by atoms with Gasteiger partial charge >= 0.3 is 0 Å². The topological polar surface area (TPSA) is 89.4 Å². The summed E-state index contributed by atoms with van der Waals surface area (Å²) in [6.07, 6.45) is 1.47. The van der Waals surface area contributed by atoms with Gasteiger partial charge in [0.15, 0.2) is 5.78 Å². The van der Waals surface area contributed by atoms with E-state index in [-0.39, 0.29) is 17.6 Å². The molecule has 0 aliphatic carbocycles. The summed E-state index contributed by atoms with van der Waals surface area (Å²) in [4.78, 5) is 25.2. The summed E-state index contributed by atoms with van der Waals surface area (Å²) < 4.78 is 0. The van der Waals surface area contributed by atoms with Crippen molar-refractivity contribution < 1.29 is 9.59 Å². The van der Waals surface area contributed by atoms with E-state index in [4.69, 9.17) is 11.5 Å². The van der Waals surface area contributed by atoms with Crippen molar-refractivity contribution in [3.8, 4) is 0 Å². The molecule has 0 radical (unpaired) electrons. The second kappa shape index (κ2) is 5.84. The molecule has 5 heteroatoms. The van der Waals surface area contributed by atoms with Crippen LogP contribution in [-0.2, 0) is 4.79 Å². The number of carbonyl (C=O) groups is 2. The lowest BCUT2D eigenvalue weighted by atomic mass is 9.96. The predicted molar refractivity (Wildman–Crippen MR) is 73.5 cm³/mol. The number of benzene rings is 1. The highest BCUT2D eigenvalue weighted by Gasteiger charge is 2.24. The molecular weight excluding hydrogens is 242 g/mol. The Labute approximate surface area is 112 Å². The Morgan fingerprint density at radius 1 is 1.26 bits per heavy atom. The smallest absolute Gasteiger partial charge is 0.220 e. The van der Waals surface area contributed by atoms with E-state index in [9.17, 15) is 9.59 Å². The predicted octanol–water partition coefficient (Wildman–Crippen LogP) is 0.649. The number of rotatable bonds is 4. The van der Waals surface area contributed by atoms with Gasteiger partial charge in [-0.05, 0) is 38.1 Å². The van der Waals surface area contributed by atoms with Gasteiger partial charge in [0.2, 0.25) is 5.91 Å². The van der Waals surface area contributed by atoms with Crippen LogP contribution in [0.1, 0.15) is 23.2 Å². The average Bonchev–Trinajstić information content (AvgIpc) is 2.39. The molecule has 0 saturated carbocycles. The minimum absolute atomic E-state index is 0.0429. The first-order chi connectivity index (χ1) is 9.06. The summed E-state index contributed by atoms with van der Waals surface area (Å²) in [5.41, 5.74) is 12.2. The van der Waals surface area contributed by atoms with Crippen molar-refractivity contribution in [1.29, 1.82) is 0 Å². The van der Waals surface area contributed by atoms with Crippen LogP contribution in [0.2, 0.25) is 0 Å². The molecule has 1 saturated heterocycles. The molecule has 1 aromatic rings. The van der Waals surface area contributed by atoms with E-state index in [1.165, 1.54) is 0 Å². The van der Waals surface area contributed by atoms with E-state index in [0.29, 0.717) is 17.8 Å². The average molecular weight is 261 g/mol. The standard InChI is InChI=1S/C14H19N3O2/c15-12-3-1-2-11(8-12)13(18)9-17-6-4-10(5-7-17)14(16)19/h1-3,8,10H,4-7,9,15H2,(H2,16,19). The summed E-state index contributed by atoms with van der Waals surface area (Å²) in [5, 5.41) is 0. The van der Waals surface area contributed by atoms with Gasteiger partial charge in [0.05, 0.1) is 6.54 Å². The first kappa shape index (κ1) is 13.5. The summed E-state index contributed by atoms with van der Waals surface area (Å²) >= 11 is 0. The van der Waals surface area contributed by atoms with Crippen LogP contribution in [0.4, 0.5) is 5.69 Å². The van der Waals surface area contributed by atoms with Crippen molar-refractivity contribution in [3.63, 3.8) is 0 Å². The van der Waals surface area contributed by atoms with Crippen LogP contribution < -0.4 is 11.5 Å². The van der Waals surface area contributed by atoms with E-state index in [1.54, 1.807) is 24.3 Å². The molecule has 1 fully saturated rings. The monoisotopic (exact) mass is 261 g/mol. The molecule has 1 aliphatic heterocycles. The molecule has 0 bridgehead atoms. The highest BCUT2D eigenvalue weighted by molar-refractivity contribution is 5.98. The Hall–Kier alpha value is -1.88. The molecule has 1 aromatic carbocycles. The van der Waals surface area contributed by atoms with Crippen LogP contribution in [0.15, 0.2) is 24.3 Å². The van der Waals surface area contributed by atoms with Gasteiger partial charge in [0, 0.05) is 17.2 Å². The number of piperidine rings is 1. The maximum Gasteiger partial charge on any atom is 0.220 e. The molecule has 0 spiro atoms. The van der Waals surface area contributed by atoms with Crippen molar-refractivity contribution in [3.05, 3.63) is 29.8 Å². The number of Topliss-reactive ketones (excluding diaryl/α,β-unsaturated/α-hetero) is 1. The molecule has 0 atom stereocenters. The summed E-state index contributed by atoms with van der Waals surface area (Å²) in [6.45, 7) is 1.85. The number of amides is 1. The lowest BCUT2D eigenvalue weighted by Crippen LogP contribution is -2.40. The highest BCUT2D eigenvalue weighted by atomic mass is 16.1. The first-order valence-corrected chi connectivity index (χ1v) is 6.46. The molecule has 1 aliphatic rings. The summed E-state index contributed by atoms with van der Waals surface area (Å²) in [7, 11) is 0. The number of nitrogen functional groups attached to an aromatic ring is 1. The fourth-order valence-electron chi connectivity index (χ4n) is 2.38. The first-order valence-electron chi connectivity index (χ1n) is 6.46. The molecule has 102 valence electrons. The van der Waals surface area contributed by atoms with Gasteiger partial charge in [-0.3, -0.25) is 14.5 Å². The number of hydrogen-bond donors (Lipinski definition) is 2. The Balaban J connectivity index is 1.89. The van der Waals surface area contributed by atoms with Gasteiger partial charge in [-0.1, -0.05) is 12.1 Å². The summed E-state index contributed by atoms with van der Waals surface area (Å²) in [6, 6.07) is 7.00. The van der Waals surface area contributed by atoms with Gasteiger partial charge in [-0.15, -0.1) is 0 Å². The van der Waals surface area contributed by atoms with Crippen LogP contribution in [0.25, 0.3) is 0 Å². The van der Waals surface area contributed by atoms with Gasteiger partial charge in [-0.2, -0.15) is 0 Å². The van der Waals surface area contributed by atoms with Crippen LogP contribution in [-0.4, -0.2) is 36.2 Å². The van der Waals surface area contributed by atoms with Crippen molar-refractivity contribution in [2.45, 2.75) is 12.8 Å². The number of primary amides is 1. The van der Waals surface area contributed by atoms with Crippen molar-refractivity contribution >= 4 is 17.4 Å². The van der Waals surface area contributed by atoms with Gasteiger partial charge in [0.25, 0.3) is 0 Å². The molecule has 4 N–H and O–H groups in total. The molecule has 0 aromatic heterocycles. The maximum atomic E-state index is 12.1. The second-order valence-electron chi connectivity index (χ2n) is 5.00. The second-order valence-corrected chi connectivity index (χ2v) is 5.00. The third-order valence-corrected chi connectivity index (χ3v) is 3.57. The van der Waals surface area contributed by atoms with Crippen LogP contribution in [0, 0.1) is 5.92 Å². The van der Waals surface area contributed by atoms with Gasteiger partial charge < -0.3 is 11.5 Å². The molecule has 2 rings (SSSR count). The Bertz CT molecular complexity index is 479. The van der Waals surface area contributed by atoms with E-state index in [0.717, 1.165) is 25.9 Å². The highest BCUT2D eigenvalue weighted by Crippen LogP contribution is 2.17. The third kappa shape index (κ3) is 3.54. The molecule has 5 nitrogen and oxygen atoms in total. The van der Waals surface area contributed by atoms with Crippen LogP contribution in [0.3, 0.4) is 0 Å². The molecule has 0 unspecified atom stereocenters. The number of nitrogens with two attached hydrogens (primary N) is 2. The lowest BCUT2D eigenvalue weighted by Gasteiger charge is -2.29. The van der Waals surface area contributed by atoms with E-state index < -0.39 is 0 Å².